The number of para-hydroxylation sites is 1. The van der Waals surface area contributed by atoms with Gasteiger partial charge in [-0.3, -0.25) is 0 Å². The lowest BCUT2D eigenvalue weighted by molar-refractivity contribution is 0.0459. The summed E-state index contributed by atoms with van der Waals surface area (Å²) in [5, 5.41) is 21.7. The summed E-state index contributed by atoms with van der Waals surface area (Å²) in [4.78, 5) is 2.19. The van der Waals surface area contributed by atoms with Crippen LogP contribution in [0.15, 0.2) is 18.2 Å². The molecule has 0 spiro atoms. The fraction of sp³-hybridized carbons (Fsp3) is 0.571. The summed E-state index contributed by atoms with van der Waals surface area (Å²) in [5.74, 6) is 1.41. The molecule has 110 valence electrons. The van der Waals surface area contributed by atoms with Crippen LogP contribution in [0.2, 0.25) is 0 Å². The SMILES string of the molecule is OCC1CN(c2cccc3c2OCC(CO)O3)CCN1. The topological polar surface area (TPSA) is 74.2 Å². The van der Waals surface area contributed by atoms with Gasteiger partial charge in [-0.25, -0.2) is 0 Å². The molecule has 2 unspecified atom stereocenters. The highest BCUT2D eigenvalue weighted by molar-refractivity contribution is 5.65. The number of benzene rings is 1. The number of ether oxygens (including phenoxy) is 2. The molecular formula is C14H20N2O4. The van der Waals surface area contributed by atoms with Gasteiger partial charge in [-0.1, -0.05) is 6.07 Å². The van der Waals surface area contributed by atoms with Crippen LogP contribution in [0.25, 0.3) is 0 Å². The first-order chi connectivity index (χ1) is 9.81. The van der Waals surface area contributed by atoms with E-state index < -0.39 is 0 Å². The van der Waals surface area contributed by atoms with E-state index in [0.29, 0.717) is 12.4 Å². The Kier molecular flexibility index (Phi) is 3.95. The van der Waals surface area contributed by atoms with Crippen molar-refractivity contribution in [3.63, 3.8) is 0 Å². The summed E-state index contributed by atoms with van der Waals surface area (Å²) in [5.41, 5.74) is 0.985. The highest BCUT2D eigenvalue weighted by Gasteiger charge is 2.27. The Morgan fingerprint density at radius 1 is 1.30 bits per heavy atom. The standard InChI is InChI=1S/C14H20N2O4/c17-7-10-6-16(5-4-15-10)12-2-1-3-13-14(12)19-9-11(8-18)20-13/h1-3,10-11,15,17-18H,4-9H2. The number of rotatable bonds is 3. The lowest BCUT2D eigenvalue weighted by atomic mass is 10.1. The first kappa shape index (κ1) is 13.5. The van der Waals surface area contributed by atoms with Gasteiger partial charge in [-0.2, -0.15) is 0 Å². The van der Waals surface area contributed by atoms with Gasteiger partial charge in [-0.15, -0.1) is 0 Å². The van der Waals surface area contributed by atoms with Crippen LogP contribution in [0.1, 0.15) is 0 Å². The van der Waals surface area contributed by atoms with Gasteiger partial charge in [0, 0.05) is 25.7 Å². The van der Waals surface area contributed by atoms with Crippen LogP contribution in [0, 0.1) is 0 Å². The molecule has 6 nitrogen and oxygen atoms in total. The third-order valence-electron chi connectivity index (χ3n) is 3.69. The van der Waals surface area contributed by atoms with E-state index in [9.17, 15) is 5.11 Å². The first-order valence-corrected chi connectivity index (χ1v) is 6.94. The van der Waals surface area contributed by atoms with Crippen molar-refractivity contribution in [3.05, 3.63) is 18.2 Å². The number of aliphatic hydroxyl groups is 2. The summed E-state index contributed by atoms with van der Waals surface area (Å²) in [6, 6.07) is 5.86. The van der Waals surface area contributed by atoms with Gasteiger partial charge in [0.15, 0.2) is 17.6 Å². The average molecular weight is 280 g/mol. The smallest absolute Gasteiger partial charge is 0.184 e. The zero-order valence-corrected chi connectivity index (χ0v) is 11.3. The molecule has 2 aliphatic rings. The van der Waals surface area contributed by atoms with E-state index in [-0.39, 0.29) is 25.4 Å². The third kappa shape index (κ3) is 2.54. The molecule has 2 atom stereocenters. The van der Waals surface area contributed by atoms with E-state index >= 15 is 0 Å². The maximum Gasteiger partial charge on any atom is 0.184 e. The average Bonchev–Trinajstić information content (AvgIpc) is 2.53. The third-order valence-corrected chi connectivity index (χ3v) is 3.69. The monoisotopic (exact) mass is 280 g/mol. The second-order valence-corrected chi connectivity index (χ2v) is 5.12. The van der Waals surface area contributed by atoms with Crippen LogP contribution in [0.5, 0.6) is 11.5 Å². The number of hydrogen-bond donors (Lipinski definition) is 3. The predicted molar refractivity (Wildman–Crippen MR) is 74.5 cm³/mol. The van der Waals surface area contributed by atoms with Gasteiger partial charge in [0.2, 0.25) is 0 Å². The lowest BCUT2D eigenvalue weighted by Gasteiger charge is -2.36. The Morgan fingerprint density at radius 3 is 3.00 bits per heavy atom. The fourth-order valence-corrected chi connectivity index (χ4v) is 2.64. The number of anilines is 1. The lowest BCUT2D eigenvalue weighted by Crippen LogP contribution is -2.52. The van der Waals surface area contributed by atoms with Crippen molar-refractivity contribution in [1.82, 2.24) is 5.32 Å². The maximum atomic E-state index is 9.29. The van der Waals surface area contributed by atoms with Crippen LogP contribution in [0.4, 0.5) is 5.69 Å². The van der Waals surface area contributed by atoms with E-state index in [4.69, 9.17) is 14.6 Å². The van der Waals surface area contributed by atoms with Crippen molar-refractivity contribution >= 4 is 5.69 Å². The minimum atomic E-state index is -0.300. The summed E-state index contributed by atoms with van der Waals surface area (Å²) in [6.45, 7) is 2.85. The molecule has 2 heterocycles. The zero-order valence-electron chi connectivity index (χ0n) is 11.3. The predicted octanol–water partition coefficient (Wildman–Crippen LogP) is -0.411. The Balaban J connectivity index is 1.84. The number of nitrogens with one attached hydrogen (secondary N) is 1. The summed E-state index contributed by atoms with van der Waals surface area (Å²) in [6.07, 6.45) is -0.300. The minimum Gasteiger partial charge on any atom is -0.484 e. The minimum absolute atomic E-state index is 0.0517. The normalized spacial score (nSPS) is 25.6. The van der Waals surface area contributed by atoms with Gasteiger partial charge < -0.3 is 29.9 Å². The quantitative estimate of drug-likeness (QED) is 0.699. The number of fused-ring (bicyclic) bond motifs is 1. The van der Waals surface area contributed by atoms with Gasteiger partial charge in [0.1, 0.15) is 6.61 Å². The molecule has 0 amide bonds. The van der Waals surface area contributed by atoms with E-state index in [0.717, 1.165) is 31.1 Å². The van der Waals surface area contributed by atoms with Crippen molar-refractivity contribution < 1.29 is 19.7 Å². The first-order valence-electron chi connectivity index (χ1n) is 6.94. The van der Waals surface area contributed by atoms with Crippen molar-refractivity contribution in [2.75, 3.05) is 44.4 Å². The number of hydrogen-bond acceptors (Lipinski definition) is 6. The van der Waals surface area contributed by atoms with E-state index in [1.807, 2.05) is 18.2 Å². The van der Waals surface area contributed by atoms with Gasteiger partial charge in [-0.05, 0) is 12.1 Å². The second kappa shape index (κ2) is 5.87. The van der Waals surface area contributed by atoms with Crippen molar-refractivity contribution in [1.29, 1.82) is 0 Å². The molecule has 1 aromatic carbocycles. The Bertz CT molecular complexity index is 468. The number of nitrogens with zero attached hydrogens (tertiary/aromatic N) is 1. The highest BCUT2D eigenvalue weighted by Crippen LogP contribution is 2.40. The molecule has 2 aliphatic heterocycles. The Hall–Kier alpha value is -1.50. The molecule has 0 radical (unpaired) electrons. The summed E-state index contributed by atoms with van der Waals surface area (Å²) < 4.78 is 11.5. The van der Waals surface area contributed by atoms with Crippen molar-refractivity contribution in [3.8, 4) is 11.5 Å². The zero-order chi connectivity index (χ0) is 13.9. The molecule has 0 aliphatic carbocycles. The molecule has 20 heavy (non-hydrogen) atoms. The highest BCUT2D eigenvalue weighted by atomic mass is 16.6. The van der Waals surface area contributed by atoms with E-state index in [1.54, 1.807) is 0 Å². The Morgan fingerprint density at radius 2 is 2.20 bits per heavy atom. The Labute approximate surface area is 117 Å². The molecule has 3 rings (SSSR count). The molecule has 0 bridgehead atoms. The molecule has 3 N–H and O–H groups in total. The van der Waals surface area contributed by atoms with Crippen molar-refractivity contribution in [2.24, 2.45) is 0 Å². The molecule has 0 saturated carbocycles. The molecule has 1 fully saturated rings. The van der Waals surface area contributed by atoms with E-state index in [2.05, 4.69) is 10.2 Å². The maximum absolute atomic E-state index is 9.29. The van der Waals surface area contributed by atoms with Crippen molar-refractivity contribution in [2.45, 2.75) is 12.1 Å². The number of aliphatic hydroxyl groups excluding tert-OH is 2. The van der Waals surface area contributed by atoms with Gasteiger partial charge >= 0.3 is 0 Å². The molecular weight excluding hydrogens is 260 g/mol. The summed E-state index contributed by atoms with van der Waals surface area (Å²) in [7, 11) is 0. The fourth-order valence-electron chi connectivity index (χ4n) is 2.64. The van der Waals surface area contributed by atoms with Gasteiger partial charge in [0.05, 0.1) is 18.9 Å². The molecule has 1 saturated heterocycles. The second-order valence-electron chi connectivity index (χ2n) is 5.12. The largest absolute Gasteiger partial charge is 0.484 e. The van der Waals surface area contributed by atoms with Gasteiger partial charge in [0.25, 0.3) is 0 Å². The molecule has 6 heteroatoms. The molecule has 1 aromatic rings. The molecule has 0 aromatic heterocycles. The number of piperazine rings is 1. The van der Waals surface area contributed by atoms with Crippen LogP contribution in [-0.2, 0) is 0 Å². The van der Waals surface area contributed by atoms with Crippen LogP contribution < -0.4 is 19.7 Å². The van der Waals surface area contributed by atoms with Crippen LogP contribution >= 0.6 is 0 Å². The van der Waals surface area contributed by atoms with E-state index in [1.165, 1.54) is 0 Å². The summed E-state index contributed by atoms with van der Waals surface area (Å²) >= 11 is 0. The van der Waals surface area contributed by atoms with Crippen LogP contribution in [-0.4, -0.2) is 61.8 Å². The van der Waals surface area contributed by atoms with Crippen LogP contribution in [0.3, 0.4) is 0 Å².